The van der Waals surface area contributed by atoms with Crippen molar-refractivity contribution in [3.05, 3.63) is 65.7 Å². The number of nitrogens with zero attached hydrogens (tertiary/aromatic N) is 1. The lowest BCUT2D eigenvalue weighted by atomic mass is 10.1. The summed E-state index contributed by atoms with van der Waals surface area (Å²) in [6.45, 7) is 4.51. The molecular weight excluding hydrogens is 300 g/mol. The fourth-order valence-electron chi connectivity index (χ4n) is 3.41. The van der Waals surface area contributed by atoms with Gasteiger partial charge in [0, 0.05) is 31.7 Å². The summed E-state index contributed by atoms with van der Waals surface area (Å²) in [5.74, 6) is 0.295. The molecule has 1 fully saturated rings. The summed E-state index contributed by atoms with van der Waals surface area (Å²) in [6, 6.07) is 18.2. The zero-order valence-corrected chi connectivity index (χ0v) is 14.1. The summed E-state index contributed by atoms with van der Waals surface area (Å²) in [4.78, 5) is 2.35. The van der Waals surface area contributed by atoms with Crippen LogP contribution in [0.3, 0.4) is 0 Å². The molecule has 1 aliphatic rings. The molecule has 24 heavy (non-hydrogen) atoms. The average Bonchev–Trinajstić information content (AvgIpc) is 2.93. The molecular formula is C20H26N2O2. The minimum Gasteiger partial charge on any atom is -0.508 e. The van der Waals surface area contributed by atoms with Crippen molar-refractivity contribution in [2.45, 2.75) is 38.1 Å². The number of benzene rings is 2. The zero-order chi connectivity index (χ0) is 16.9. The first kappa shape index (κ1) is 17.0. The minimum absolute atomic E-state index is 0.161. The van der Waals surface area contributed by atoms with Crippen LogP contribution in [-0.4, -0.2) is 40.3 Å². The standard InChI is InChI=1S/C20H26N2O2/c1-15(17-8-5-9-19(23)10-17)21-12-18-11-20(24)14-22(18)13-16-6-3-2-4-7-16/h2-10,15,18,20-21,23-24H,11-14H2,1H3/t15-,18+,20-/m0/s1. The second-order valence-electron chi connectivity index (χ2n) is 6.68. The highest BCUT2D eigenvalue weighted by atomic mass is 16.3. The smallest absolute Gasteiger partial charge is 0.115 e. The van der Waals surface area contributed by atoms with E-state index in [2.05, 4.69) is 41.4 Å². The molecule has 0 aromatic heterocycles. The van der Waals surface area contributed by atoms with Crippen molar-refractivity contribution in [2.75, 3.05) is 13.1 Å². The predicted molar refractivity (Wildman–Crippen MR) is 95.8 cm³/mol. The van der Waals surface area contributed by atoms with E-state index in [4.69, 9.17) is 0 Å². The number of aliphatic hydroxyl groups is 1. The Morgan fingerprint density at radius 1 is 1.17 bits per heavy atom. The van der Waals surface area contributed by atoms with Gasteiger partial charge in [-0.05, 0) is 36.6 Å². The molecule has 4 heteroatoms. The number of hydrogen-bond acceptors (Lipinski definition) is 4. The number of hydrogen-bond donors (Lipinski definition) is 3. The average molecular weight is 326 g/mol. The Bertz CT molecular complexity index is 647. The van der Waals surface area contributed by atoms with E-state index in [0.717, 1.165) is 31.6 Å². The number of β-amino-alcohol motifs (C(OH)–C–C–N with tert-alkyl or cyclic N) is 1. The fraction of sp³-hybridized carbons (Fsp3) is 0.400. The number of phenolic OH excluding ortho intramolecular Hbond substituents is 1. The van der Waals surface area contributed by atoms with Crippen LogP contribution in [0.4, 0.5) is 0 Å². The molecule has 0 radical (unpaired) electrons. The van der Waals surface area contributed by atoms with E-state index in [1.54, 1.807) is 12.1 Å². The Morgan fingerprint density at radius 2 is 1.96 bits per heavy atom. The second-order valence-corrected chi connectivity index (χ2v) is 6.68. The van der Waals surface area contributed by atoms with Gasteiger partial charge in [-0.15, -0.1) is 0 Å². The van der Waals surface area contributed by atoms with Crippen LogP contribution in [0, 0.1) is 0 Å². The van der Waals surface area contributed by atoms with Crippen molar-refractivity contribution in [1.29, 1.82) is 0 Å². The number of phenols is 1. The molecule has 0 unspecified atom stereocenters. The van der Waals surface area contributed by atoms with Gasteiger partial charge in [-0.25, -0.2) is 0 Å². The van der Waals surface area contributed by atoms with E-state index in [-0.39, 0.29) is 12.1 Å². The van der Waals surface area contributed by atoms with Gasteiger partial charge in [-0.1, -0.05) is 42.5 Å². The number of rotatable bonds is 6. The normalized spacial score (nSPS) is 22.6. The summed E-state index contributed by atoms with van der Waals surface area (Å²) in [6.07, 6.45) is 0.545. The van der Waals surface area contributed by atoms with E-state index in [0.29, 0.717) is 11.8 Å². The molecule has 1 aliphatic heterocycles. The van der Waals surface area contributed by atoms with Gasteiger partial charge in [0.15, 0.2) is 0 Å². The largest absolute Gasteiger partial charge is 0.508 e. The van der Waals surface area contributed by atoms with Gasteiger partial charge in [-0.2, -0.15) is 0 Å². The van der Waals surface area contributed by atoms with Crippen LogP contribution in [0.15, 0.2) is 54.6 Å². The van der Waals surface area contributed by atoms with E-state index in [1.165, 1.54) is 5.56 Å². The van der Waals surface area contributed by atoms with Gasteiger partial charge in [-0.3, -0.25) is 4.90 Å². The lowest BCUT2D eigenvalue weighted by molar-refractivity contribution is 0.172. The molecule has 1 saturated heterocycles. The summed E-state index contributed by atoms with van der Waals surface area (Å²) >= 11 is 0. The van der Waals surface area contributed by atoms with Gasteiger partial charge in [0.2, 0.25) is 0 Å². The summed E-state index contributed by atoms with van der Waals surface area (Å²) in [5.41, 5.74) is 2.35. The molecule has 0 saturated carbocycles. The van der Waals surface area contributed by atoms with Gasteiger partial charge < -0.3 is 15.5 Å². The van der Waals surface area contributed by atoms with Crippen molar-refractivity contribution < 1.29 is 10.2 Å². The maximum absolute atomic E-state index is 10.1. The van der Waals surface area contributed by atoms with Gasteiger partial charge in [0.05, 0.1) is 6.10 Å². The highest BCUT2D eigenvalue weighted by Crippen LogP contribution is 2.22. The first-order valence-electron chi connectivity index (χ1n) is 8.60. The third-order valence-electron chi connectivity index (χ3n) is 4.76. The molecule has 4 nitrogen and oxygen atoms in total. The minimum atomic E-state index is -0.253. The Hall–Kier alpha value is -1.88. The first-order chi connectivity index (χ1) is 11.6. The number of likely N-dealkylation sites (tertiary alicyclic amines) is 1. The molecule has 2 aromatic carbocycles. The maximum atomic E-state index is 10.1. The molecule has 1 heterocycles. The Kier molecular flexibility index (Phi) is 5.51. The van der Waals surface area contributed by atoms with Gasteiger partial charge in [0.1, 0.15) is 5.75 Å². The Labute approximate surface area is 143 Å². The van der Waals surface area contributed by atoms with Crippen molar-refractivity contribution in [2.24, 2.45) is 0 Å². The molecule has 0 aliphatic carbocycles. The second kappa shape index (κ2) is 7.79. The third-order valence-corrected chi connectivity index (χ3v) is 4.76. The highest BCUT2D eigenvalue weighted by Gasteiger charge is 2.30. The summed E-state index contributed by atoms with van der Waals surface area (Å²) in [7, 11) is 0. The van der Waals surface area contributed by atoms with Crippen molar-refractivity contribution in [3.63, 3.8) is 0 Å². The number of aromatic hydroxyl groups is 1. The van der Waals surface area contributed by atoms with Crippen LogP contribution >= 0.6 is 0 Å². The molecule has 0 bridgehead atoms. The van der Waals surface area contributed by atoms with Crippen LogP contribution in [0.2, 0.25) is 0 Å². The quantitative estimate of drug-likeness (QED) is 0.764. The van der Waals surface area contributed by atoms with Crippen LogP contribution in [0.25, 0.3) is 0 Å². The molecule has 128 valence electrons. The zero-order valence-electron chi connectivity index (χ0n) is 14.1. The molecule has 0 amide bonds. The molecule has 2 aromatic rings. The summed E-state index contributed by atoms with van der Waals surface area (Å²) in [5, 5.41) is 23.2. The van der Waals surface area contributed by atoms with Gasteiger partial charge >= 0.3 is 0 Å². The van der Waals surface area contributed by atoms with E-state index in [9.17, 15) is 10.2 Å². The van der Waals surface area contributed by atoms with Crippen molar-refractivity contribution >= 4 is 0 Å². The maximum Gasteiger partial charge on any atom is 0.115 e. The van der Waals surface area contributed by atoms with E-state index >= 15 is 0 Å². The fourth-order valence-corrected chi connectivity index (χ4v) is 3.41. The highest BCUT2D eigenvalue weighted by molar-refractivity contribution is 5.29. The lowest BCUT2D eigenvalue weighted by Gasteiger charge is -2.26. The monoisotopic (exact) mass is 326 g/mol. The van der Waals surface area contributed by atoms with Crippen LogP contribution < -0.4 is 5.32 Å². The van der Waals surface area contributed by atoms with E-state index in [1.807, 2.05) is 18.2 Å². The predicted octanol–water partition coefficient (Wildman–Crippen LogP) is 2.68. The van der Waals surface area contributed by atoms with E-state index < -0.39 is 0 Å². The first-order valence-corrected chi connectivity index (χ1v) is 8.60. The Morgan fingerprint density at radius 3 is 2.71 bits per heavy atom. The van der Waals surface area contributed by atoms with Crippen LogP contribution in [-0.2, 0) is 6.54 Å². The third kappa shape index (κ3) is 4.35. The van der Waals surface area contributed by atoms with Crippen LogP contribution in [0.5, 0.6) is 5.75 Å². The number of aliphatic hydroxyl groups excluding tert-OH is 1. The van der Waals surface area contributed by atoms with Crippen molar-refractivity contribution in [3.8, 4) is 5.75 Å². The SMILES string of the molecule is C[C@H](NC[C@H]1C[C@H](O)CN1Cc1ccccc1)c1cccc(O)c1. The lowest BCUT2D eigenvalue weighted by Crippen LogP contribution is -2.38. The van der Waals surface area contributed by atoms with Crippen LogP contribution in [0.1, 0.15) is 30.5 Å². The topological polar surface area (TPSA) is 55.7 Å². The summed E-state index contributed by atoms with van der Waals surface area (Å²) < 4.78 is 0. The van der Waals surface area contributed by atoms with Crippen molar-refractivity contribution in [1.82, 2.24) is 10.2 Å². The molecule has 0 spiro atoms. The van der Waals surface area contributed by atoms with Gasteiger partial charge in [0.25, 0.3) is 0 Å². The molecule has 3 atom stereocenters. The molecule has 3 rings (SSSR count). The molecule has 3 N–H and O–H groups in total. The number of nitrogens with one attached hydrogen (secondary N) is 1. The Balaban J connectivity index is 1.58.